The van der Waals surface area contributed by atoms with E-state index in [0.717, 1.165) is 27.6 Å². The molecule has 0 atom stereocenters. The average Bonchev–Trinajstić information content (AvgIpc) is 3.00. The lowest BCUT2D eigenvalue weighted by atomic mass is 10.1. The first-order valence-corrected chi connectivity index (χ1v) is 10.2. The summed E-state index contributed by atoms with van der Waals surface area (Å²) in [5, 5.41) is 4.58. The lowest BCUT2D eigenvalue weighted by Gasteiger charge is -2.04. The molecular weight excluding hydrogens is 368 g/mol. The number of nitrogens with zero attached hydrogens (tertiary/aromatic N) is 2. The maximum Gasteiger partial charge on any atom is 0.184 e. The van der Waals surface area contributed by atoms with Crippen LogP contribution in [0.4, 0.5) is 0 Å². The Morgan fingerprint density at radius 3 is 2.60 bits per heavy atom. The Hall–Kier alpha value is -1.76. The predicted molar refractivity (Wildman–Crippen MR) is 108 cm³/mol. The number of para-hydroxylation sites is 1. The first-order valence-electron chi connectivity index (χ1n) is 7.99. The second-order valence-corrected chi connectivity index (χ2v) is 8.44. The van der Waals surface area contributed by atoms with E-state index in [4.69, 9.17) is 12.2 Å². The highest BCUT2D eigenvalue weighted by Gasteiger charge is 2.11. The van der Waals surface area contributed by atoms with Crippen LogP contribution < -0.4 is 0 Å². The molecule has 0 saturated carbocycles. The molecule has 0 fully saturated rings. The molecule has 2 aromatic carbocycles. The second kappa shape index (κ2) is 8.08. The first-order chi connectivity index (χ1) is 12.1. The molecule has 3 rings (SSSR count). The van der Waals surface area contributed by atoms with Gasteiger partial charge in [-0.3, -0.25) is 4.79 Å². The molecule has 0 amide bonds. The number of carbonyl (C=O) groups excluding carboxylic acids is 1. The quantitative estimate of drug-likeness (QED) is 0.318. The standard InChI is InChI=1S/C19H18N2OS3/c1-3-14-8-10-15(11-9-14)17(22)12-24-18-20-21(19(23)25-18)16-7-5-4-6-13(16)2/h4-11H,3,12H2,1-2H3. The smallest absolute Gasteiger partial charge is 0.184 e. The van der Waals surface area contributed by atoms with Crippen LogP contribution in [-0.2, 0) is 6.42 Å². The molecule has 0 N–H and O–H groups in total. The van der Waals surface area contributed by atoms with Crippen LogP contribution >= 0.6 is 35.3 Å². The average molecular weight is 387 g/mol. The van der Waals surface area contributed by atoms with E-state index in [2.05, 4.69) is 12.0 Å². The SMILES string of the molecule is CCc1ccc(C(=O)CSc2nn(-c3ccccc3C)c(=S)s2)cc1. The normalized spacial score (nSPS) is 10.8. The van der Waals surface area contributed by atoms with Crippen molar-refractivity contribution < 1.29 is 4.79 Å². The molecule has 0 saturated heterocycles. The van der Waals surface area contributed by atoms with Crippen molar-refractivity contribution in [2.75, 3.05) is 5.75 Å². The summed E-state index contributed by atoms with van der Waals surface area (Å²) in [6, 6.07) is 15.8. The Labute approximate surface area is 160 Å². The molecule has 0 unspecified atom stereocenters. The van der Waals surface area contributed by atoms with Gasteiger partial charge in [0.2, 0.25) is 0 Å². The van der Waals surface area contributed by atoms with Crippen molar-refractivity contribution in [3.8, 4) is 5.69 Å². The highest BCUT2D eigenvalue weighted by molar-refractivity contribution is 8.01. The number of hydrogen-bond acceptors (Lipinski definition) is 5. The van der Waals surface area contributed by atoms with E-state index < -0.39 is 0 Å². The molecule has 3 aromatic rings. The Morgan fingerprint density at radius 2 is 1.92 bits per heavy atom. The van der Waals surface area contributed by atoms with Gasteiger partial charge in [0.1, 0.15) is 0 Å². The molecule has 128 valence electrons. The van der Waals surface area contributed by atoms with Crippen LogP contribution in [0.2, 0.25) is 0 Å². The van der Waals surface area contributed by atoms with Crippen molar-refractivity contribution in [1.82, 2.24) is 9.78 Å². The van der Waals surface area contributed by atoms with E-state index in [1.807, 2.05) is 55.5 Å². The maximum absolute atomic E-state index is 12.4. The number of aryl methyl sites for hydroxylation is 2. The van der Waals surface area contributed by atoms with Crippen molar-refractivity contribution in [3.63, 3.8) is 0 Å². The van der Waals surface area contributed by atoms with Gasteiger partial charge in [-0.25, -0.2) is 4.68 Å². The summed E-state index contributed by atoms with van der Waals surface area (Å²) in [7, 11) is 0. The number of hydrogen-bond donors (Lipinski definition) is 0. The van der Waals surface area contributed by atoms with Gasteiger partial charge in [-0.2, -0.15) is 0 Å². The highest BCUT2D eigenvalue weighted by Crippen LogP contribution is 2.25. The first kappa shape index (κ1) is 18.0. The van der Waals surface area contributed by atoms with Crippen LogP contribution in [0.3, 0.4) is 0 Å². The summed E-state index contributed by atoms with van der Waals surface area (Å²) in [5.74, 6) is 0.470. The molecule has 1 heterocycles. The van der Waals surface area contributed by atoms with Crippen molar-refractivity contribution in [3.05, 3.63) is 69.2 Å². The summed E-state index contributed by atoms with van der Waals surface area (Å²) in [6.07, 6.45) is 0.975. The minimum Gasteiger partial charge on any atom is -0.293 e. The number of rotatable bonds is 6. The van der Waals surface area contributed by atoms with Gasteiger partial charge in [0.15, 0.2) is 14.1 Å². The Bertz CT molecular complexity index is 942. The Kier molecular flexibility index (Phi) is 5.83. The highest BCUT2D eigenvalue weighted by atomic mass is 32.2. The third kappa shape index (κ3) is 4.26. The van der Waals surface area contributed by atoms with Crippen LogP contribution in [0.5, 0.6) is 0 Å². The summed E-state index contributed by atoms with van der Waals surface area (Å²) in [5.41, 5.74) is 4.08. The third-order valence-corrected chi connectivity index (χ3v) is 6.25. The van der Waals surface area contributed by atoms with E-state index in [1.54, 1.807) is 4.68 Å². The molecular formula is C19H18N2OS3. The van der Waals surface area contributed by atoms with E-state index in [-0.39, 0.29) is 5.78 Å². The van der Waals surface area contributed by atoms with Gasteiger partial charge in [0.25, 0.3) is 0 Å². The van der Waals surface area contributed by atoms with Gasteiger partial charge < -0.3 is 0 Å². The molecule has 6 heteroatoms. The lowest BCUT2D eigenvalue weighted by Crippen LogP contribution is -2.03. The molecule has 25 heavy (non-hydrogen) atoms. The molecule has 1 aromatic heterocycles. The zero-order valence-electron chi connectivity index (χ0n) is 14.1. The number of benzene rings is 2. The summed E-state index contributed by atoms with van der Waals surface area (Å²) in [4.78, 5) is 12.4. The fraction of sp³-hybridized carbons (Fsp3) is 0.211. The topological polar surface area (TPSA) is 34.9 Å². The molecule has 0 spiro atoms. The largest absolute Gasteiger partial charge is 0.293 e. The van der Waals surface area contributed by atoms with Gasteiger partial charge in [-0.1, -0.05) is 72.5 Å². The summed E-state index contributed by atoms with van der Waals surface area (Å²) < 4.78 is 3.28. The lowest BCUT2D eigenvalue weighted by molar-refractivity contribution is 0.102. The minimum atomic E-state index is 0.108. The van der Waals surface area contributed by atoms with Gasteiger partial charge in [0.05, 0.1) is 11.4 Å². The number of thioether (sulfide) groups is 1. The molecule has 0 radical (unpaired) electrons. The van der Waals surface area contributed by atoms with Crippen LogP contribution in [0.1, 0.15) is 28.4 Å². The minimum absolute atomic E-state index is 0.108. The van der Waals surface area contributed by atoms with E-state index in [0.29, 0.717) is 9.71 Å². The zero-order valence-corrected chi connectivity index (χ0v) is 16.5. The monoisotopic (exact) mass is 386 g/mol. The van der Waals surface area contributed by atoms with Crippen molar-refractivity contribution in [2.45, 2.75) is 24.6 Å². The van der Waals surface area contributed by atoms with Crippen molar-refractivity contribution in [2.24, 2.45) is 0 Å². The summed E-state index contributed by atoms with van der Waals surface area (Å²) in [6.45, 7) is 4.14. The van der Waals surface area contributed by atoms with Crippen LogP contribution in [0.15, 0.2) is 52.9 Å². The zero-order chi connectivity index (χ0) is 17.8. The molecule has 3 nitrogen and oxygen atoms in total. The number of carbonyl (C=O) groups is 1. The Balaban J connectivity index is 1.72. The van der Waals surface area contributed by atoms with Crippen LogP contribution in [0.25, 0.3) is 5.69 Å². The van der Waals surface area contributed by atoms with Crippen LogP contribution in [-0.4, -0.2) is 21.3 Å². The molecule has 0 aliphatic heterocycles. The predicted octanol–water partition coefficient (Wildman–Crippen LogP) is 5.51. The van der Waals surface area contributed by atoms with E-state index in [9.17, 15) is 4.79 Å². The van der Waals surface area contributed by atoms with Gasteiger partial charge in [-0.15, -0.1) is 5.10 Å². The van der Waals surface area contributed by atoms with E-state index in [1.165, 1.54) is 28.7 Å². The summed E-state index contributed by atoms with van der Waals surface area (Å²) >= 11 is 8.31. The van der Waals surface area contributed by atoms with Gasteiger partial charge >= 0.3 is 0 Å². The molecule has 0 bridgehead atoms. The fourth-order valence-electron chi connectivity index (χ4n) is 2.41. The number of Topliss-reactive ketones (excluding diaryl/α,β-unsaturated/α-hetero) is 1. The maximum atomic E-state index is 12.4. The van der Waals surface area contributed by atoms with Crippen molar-refractivity contribution in [1.29, 1.82) is 0 Å². The molecule has 0 aliphatic rings. The van der Waals surface area contributed by atoms with Crippen molar-refractivity contribution >= 4 is 41.1 Å². The molecule has 0 aliphatic carbocycles. The number of ketones is 1. The third-order valence-electron chi connectivity index (χ3n) is 3.88. The Morgan fingerprint density at radius 1 is 1.20 bits per heavy atom. The van der Waals surface area contributed by atoms with Crippen LogP contribution in [0, 0.1) is 10.9 Å². The van der Waals surface area contributed by atoms with E-state index >= 15 is 0 Å². The number of aromatic nitrogens is 2. The van der Waals surface area contributed by atoms with Gasteiger partial charge in [0, 0.05) is 5.56 Å². The second-order valence-electron chi connectivity index (χ2n) is 5.59. The van der Waals surface area contributed by atoms with Gasteiger partial charge in [-0.05, 0) is 42.8 Å². The fourth-order valence-corrected chi connectivity index (χ4v) is 4.65.